The summed E-state index contributed by atoms with van der Waals surface area (Å²) in [6.07, 6.45) is 0.873. The van der Waals surface area contributed by atoms with Gasteiger partial charge in [-0.1, -0.05) is 93.6 Å². The minimum Gasteiger partial charge on any atom is -0.297 e. The van der Waals surface area contributed by atoms with Crippen LogP contribution in [-0.4, -0.2) is 17.5 Å². The van der Waals surface area contributed by atoms with Crippen LogP contribution in [0.2, 0.25) is 0 Å². The van der Waals surface area contributed by atoms with Crippen molar-refractivity contribution >= 4 is 11.5 Å². The quantitative estimate of drug-likeness (QED) is 0.428. The number of hydrogen-bond acceptors (Lipinski definition) is 2. The van der Waals surface area contributed by atoms with Crippen LogP contribution in [0.3, 0.4) is 0 Å². The number of carbonyl (C=O) groups excluding carboxylic acids is 1. The Labute approximate surface area is 178 Å². The molecule has 0 saturated heterocycles. The second kappa shape index (κ2) is 9.62. The minimum absolute atomic E-state index is 0.0937. The fourth-order valence-electron chi connectivity index (χ4n) is 3.38. The summed E-state index contributed by atoms with van der Waals surface area (Å²) in [5.41, 5.74) is 3.50. The van der Waals surface area contributed by atoms with Crippen LogP contribution in [0.4, 0.5) is 4.39 Å². The zero-order valence-corrected chi connectivity index (χ0v) is 17.8. The first-order chi connectivity index (χ1) is 14.3. The van der Waals surface area contributed by atoms with E-state index < -0.39 is 6.04 Å². The van der Waals surface area contributed by atoms with Crippen molar-refractivity contribution in [3.63, 3.8) is 0 Å². The average Bonchev–Trinajstić information content (AvgIpc) is 2.72. The van der Waals surface area contributed by atoms with Crippen LogP contribution >= 0.6 is 0 Å². The standard InChI is InChI=1S/C27H28FNO/c1-27(2,3)19-25(30)24(18-20-14-16-23(28)17-15-20)29-26(21-10-6-4-7-11-21)22-12-8-5-9-13-22/h4-17,24H,18-19H2,1-3H3. The lowest BCUT2D eigenvalue weighted by Crippen LogP contribution is -2.27. The highest BCUT2D eigenvalue weighted by molar-refractivity contribution is 6.13. The topological polar surface area (TPSA) is 29.4 Å². The van der Waals surface area contributed by atoms with E-state index in [1.165, 1.54) is 12.1 Å². The van der Waals surface area contributed by atoms with Crippen LogP contribution in [0.15, 0.2) is 89.9 Å². The summed E-state index contributed by atoms with van der Waals surface area (Å²) in [5, 5.41) is 0. The molecule has 0 aliphatic rings. The van der Waals surface area contributed by atoms with E-state index in [-0.39, 0.29) is 17.0 Å². The van der Waals surface area contributed by atoms with Crippen LogP contribution in [0, 0.1) is 11.2 Å². The van der Waals surface area contributed by atoms with Gasteiger partial charge in [-0.25, -0.2) is 4.39 Å². The van der Waals surface area contributed by atoms with Gasteiger partial charge in [-0.3, -0.25) is 9.79 Å². The number of aliphatic imine (C=N–C) groups is 1. The van der Waals surface area contributed by atoms with Crippen LogP contribution in [-0.2, 0) is 11.2 Å². The molecule has 3 heteroatoms. The van der Waals surface area contributed by atoms with Crippen LogP contribution in [0.1, 0.15) is 43.9 Å². The lowest BCUT2D eigenvalue weighted by molar-refractivity contribution is -0.121. The van der Waals surface area contributed by atoms with E-state index in [1.807, 2.05) is 60.7 Å². The largest absolute Gasteiger partial charge is 0.297 e. The maximum Gasteiger partial charge on any atom is 0.158 e. The molecule has 30 heavy (non-hydrogen) atoms. The van der Waals surface area contributed by atoms with E-state index in [2.05, 4.69) is 20.8 Å². The van der Waals surface area contributed by atoms with E-state index in [4.69, 9.17) is 4.99 Å². The Balaban J connectivity index is 2.05. The average molecular weight is 402 g/mol. The maximum absolute atomic E-state index is 13.4. The molecule has 3 rings (SSSR count). The van der Waals surface area contributed by atoms with Gasteiger partial charge < -0.3 is 0 Å². The summed E-state index contributed by atoms with van der Waals surface area (Å²) >= 11 is 0. The molecule has 3 aromatic rings. The third-order valence-corrected chi connectivity index (χ3v) is 4.80. The van der Waals surface area contributed by atoms with Gasteiger partial charge in [0.25, 0.3) is 0 Å². The summed E-state index contributed by atoms with van der Waals surface area (Å²) in [6, 6.07) is 25.6. The summed E-state index contributed by atoms with van der Waals surface area (Å²) in [7, 11) is 0. The molecule has 154 valence electrons. The van der Waals surface area contributed by atoms with Crippen LogP contribution < -0.4 is 0 Å². The Morgan fingerprint density at radius 1 is 0.833 bits per heavy atom. The van der Waals surface area contributed by atoms with Gasteiger partial charge in [0, 0.05) is 24.0 Å². The van der Waals surface area contributed by atoms with Crippen LogP contribution in [0.25, 0.3) is 0 Å². The van der Waals surface area contributed by atoms with Gasteiger partial charge in [0.15, 0.2) is 5.78 Å². The second-order valence-corrected chi connectivity index (χ2v) is 8.76. The number of rotatable bonds is 7. The Morgan fingerprint density at radius 3 is 1.80 bits per heavy atom. The smallest absolute Gasteiger partial charge is 0.158 e. The van der Waals surface area contributed by atoms with Crippen molar-refractivity contribution in [3.8, 4) is 0 Å². The van der Waals surface area contributed by atoms with E-state index in [0.29, 0.717) is 12.8 Å². The monoisotopic (exact) mass is 401 g/mol. The Kier molecular flexibility index (Phi) is 6.94. The Bertz CT molecular complexity index is 945. The maximum atomic E-state index is 13.4. The number of hydrogen-bond donors (Lipinski definition) is 0. The molecule has 0 spiro atoms. The van der Waals surface area contributed by atoms with E-state index >= 15 is 0 Å². The van der Waals surface area contributed by atoms with Crippen molar-refractivity contribution in [3.05, 3.63) is 107 Å². The van der Waals surface area contributed by atoms with Gasteiger partial charge in [-0.2, -0.15) is 0 Å². The number of benzene rings is 3. The van der Waals surface area contributed by atoms with Crippen molar-refractivity contribution in [1.82, 2.24) is 0 Å². The molecular formula is C27H28FNO. The van der Waals surface area contributed by atoms with Gasteiger partial charge in [0.1, 0.15) is 11.9 Å². The Morgan fingerprint density at radius 2 is 1.33 bits per heavy atom. The third kappa shape index (κ3) is 6.21. The van der Waals surface area contributed by atoms with Crippen LogP contribution in [0.5, 0.6) is 0 Å². The third-order valence-electron chi connectivity index (χ3n) is 4.80. The van der Waals surface area contributed by atoms with Crippen molar-refractivity contribution in [2.24, 2.45) is 10.4 Å². The molecule has 0 N–H and O–H groups in total. The molecule has 0 amide bonds. The molecule has 0 aliphatic heterocycles. The molecule has 3 aromatic carbocycles. The molecule has 1 unspecified atom stereocenters. The first-order valence-corrected chi connectivity index (χ1v) is 10.3. The fraction of sp³-hybridized carbons (Fsp3) is 0.259. The second-order valence-electron chi connectivity index (χ2n) is 8.76. The SMILES string of the molecule is CC(C)(C)CC(=O)C(Cc1ccc(F)cc1)N=C(c1ccccc1)c1ccccc1. The first kappa shape index (κ1) is 21.6. The fourth-order valence-corrected chi connectivity index (χ4v) is 3.38. The number of nitrogens with zero attached hydrogens (tertiary/aromatic N) is 1. The number of carbonyl (C=O) groups is 1. The van der Waals surface area contributed by atoms with Gasteiger partial charge in [0.2, 0.25) is 0 Å². The van der Waals surface area contributed by atoms with Gasteiger partial charge in [-0.15, -0.1) is 0 Å². The number of ketones is 1. The summed E-state index contributed by atoms with van der Waals surface area (Å²) < 4.78 is 13.4. The molecule has 0 radical (unpaired) electrons. The van der Waals surface area contributed by atoms with E-state index in [1.54, 1.807) is 12.1 Å². The van der Waals surface area contributed by atoms with Gasteiger partial charge >= 0.3 is 0 Å². The van der Waals surface area contributed by atoms with Crippen molar-refractivity contribution < 1.29 is 9.18 Å². The highest BCUT2D eigenvalue weighted by Gasteiger charge is 2.25. The molecule has 0 bridgehead atoms. The molecular weight excluding hydrogens is 373 g/mol. The number of halogens is 1. The van der Waals surface area contributed by atoms with E-state index in [0.717, 1.165) is 22.4 Å². The van der Waals surface area contributed by atoms with E-state index in [9.17, 15) is 9.18 Å². The lowest BCUT2D eigenvalue weighted by Gasteiger charge is -2.21. The molecule has 1 atom stereocenters. The predicted octanol–water partition coefficient (Wildman–Crippen LogP) is 6.28. The minimum atomic E-state index is -0.537. The zero-order valence-electron chi connectivity index (χ0n) is 17.8. The van der Waals surface area contributed by atoms with Gasteiger partial charge in [-0.05, 0) is 23.1 Å². The van der Waals surface area contributed by atoms with Crippen molar-refractivity contribution in [1.29, 1.82) is 0 Å². The first-order valence-electron chi connectivity index (χ1n) is 10.3. The molecule has 0 fully saturated rings. The molecule has 2 nitrogen and oxygen atoms in total. The Hall–Kier alpha value is -3.07. The molecule has 0 aliphatic carbocycles. The molecule has 0 heterocycles. The normalized spacial score (nSPS) is 12.3. The summed E-state index contributed by atoms with van der Waals surface area (Å²) in [4.78, 5) is 18.2. The summed E-state index contributed by atoms with van der Waals surface area (Å²) in [6.45, 7) is 6.16. The number of Topliss-reactive ketones (excluding diaryl/α,β-unsaturated/α-hetero) is 1. The highest BCUT2D eigenvalue weighted by Crippen LogP contribution is 2.23. The van der Waals surface area contributed by atoms with Gasteiger partial charge in [0.05, 0.1) is 5.71 Å². The highest BCUT2D eigenvalue weighted by atomic mass is 19.1. The summed E-state index contributed by atoms with van der Waals surface area (Å²) in [5.74, 6) is -0.190. The predicted molar refractivity (Wildman–Crippen MR) is 121 cm³/mol. The lowest BCUT2D eigenvalue weighted by atomic mass is 9.86. The molecule has 0 saturated carbocycles. The van der Waals surface area contributed by atoms with Crippen molar-refractivity contribution in [2.45, 2.75) is 39.7 Å². The zero-order chi connectivity index (χ0) is 21.6. The van der Waals surface area contributed by atoms with Crippen molar-refractivity contribution in [2.75, 3.05) is 0 Å². The molecule has 0 aromatic heterocycles.